The van der Waals surface area contributed by atoms with Crippen molar-refractivity contribution in [1.29, 1.82) is 0 Å². The maximum absolute atomic E-state index is 15.8. The van der Waals surface area contributed by atoms with E-state index in [1.54, 1.807) is 7.05 Å². The first-order valence-electron chi connectivity index (χ1n) is 22.0. The number of hydrogen-bond donors (Lipinski definition) is 3. The van der Waals surface area contributed by atoms with Gasteiger partial charge in [0.15, 0.2) is 17.7 Å². The fourth-order valence-electron chi connectivity index (χ4n) is 13.8. The molecule has 6 heterocycles. The van der Waals surface area contributed by atoms with Crippen molar-refractivity contribution < 1.29 is 57.1 Å². The van der Waals surface area contributed by atoms with Crippen LogP contribution in [0.4, 0.5) is 14.5 Å². The summed E-state index contributed by atoms with van der Waals surface area (Å²) in [4.78, 5) is 52.7. The molecule has 63 heavy (non-hydrogen) atoms. The van der Waals surface area contributed by atoms with Crippen molar-refractivity contribution in [1.82, 2.24) is 14.8 Å². The number of esters is 3. The second-order valence-electron chi connectivity index (χ2n) is 18.8. The summed E-state index contributed by atoms with van der Waals surface area (Å²) in [5, 5.41) is 25.7. The average Bonchev–Trinajstić information content (AvgIpc) is 3.92. The minimum Gasteiger partial charge on any atom is -0.496 e. The van der Waals surface area contributed by atoms with Gasteiger partial charge in [-0.2, -0.15) is 4.39 Å². The number of aromatic amines is 1. The third kappa shape index (κ3) is 5.62. The number of ether oxygens (including phenoxy) is 5. The van der Waals surface area contributed by atoms with Gasteiger partial charge < -0.3 is 43.8 Å². The Labute approximate surface area is 365 Å². The zero-order valence-corrected chi connectivity index (χ0v) is 37.2. The largest absolute Gasteiger partial charge is 0.496 e. The van der Waals surface area contributed by atoms with E-state index in [2.05, 4.69) is 14.8 Å². The van der Waals surface area contributed by atoms with Gasteiger partial charge in [0, 0.05) is 91.5 Å². The molecule has 16 heteroatoms. The molecule has 3 aromatic rings. The Bertz CT molecular complexity index is 2440. The number of H-pyrrole nitrogens is 1. The number of rotatable bonds is 8. The predicted octanol–water partition coefficient (Wildman–Crippen LogP) is 4.28. The molecule has 0 amide bonds. The van der Waals surface area contributed by atoms with Crippen LogP contribution in [0.15, 0.2) is 30.4 Å². The van der Waals surface area contributed by atoms with Gasteiger partial charge in [-0.1, -0.05) is 26.0 Å². The fourth-order valence-corrected chi connectivity index (χ4v) is 13.8. The van der Waals surface area contributed by atoms with Gasteiger partial charge in [0.2, 0.25) is 11.4 Å². The van der Waals surface area contributed by atoms with Gasteiger partial charge in [-0.3, -0.25) is 19.4 Å². The van der Waals surface area contributed by atoms with Crippen LogP contribution >= 0.6 is 0 Å². The Morgan fingerprint density at radius 1 is 0.937 bits per heavy atom. The molecule has 5 aliphatic heterocycles. The number of carbonyl (C=O) groups excluding carboxylic acids is 3. The molecule has 3 fully saturated rings. The van der Waals surface area contributed by atoms with Gasteiger partial charge in [0.1, 0.15) is 11.2 Å². The maximum Gasteiger partial charge on any atom is 0.344 e. The summed E-state index contributed by atoms with van der Waals surface area (Å²) in [7, 11) is 7.08. The quantitative estimate of drug-likeness (QED) is 0.167. The molecule has 1 spiro atoms. The molecule has 1 unspecified atom stereocenters. The number of aromatic nitrogens is 1. The number of nitrogens with one attached hydrogen (secondary N) is 1. The normalized spacial score (nSPS) is 35.4. The highest BCUT2D eigenvalue weighted by Gasteiger charge is 2.80. The number of hydrogen-bond acceptors (Lipinski definition) is 13. The molecule has 9 rings (SSSR count). The number of carbonyl (C=O) groups is 3. The van der Waals surface area contributed by atoms with Crippen LogP contribution in [0.1, 0.15) is 75.3 Å². The minimum atomic E-state index is -2.39. The van der Waals surface area contributed by atoms with Gasteiger partial charge in [-0.05, 0) is 68.2 Å². The van der Waals surface area contributed by atoms with Crippen molar-refractivity contribution >= 4 is 34.5 Å². The first-order chi connectivity index (χ1) is 30.0. The molecule has 14 nitrogen and oxygen atoms in total. The van der Waals surface area contributed by atoms with E-state index in [1.165, 1.54) is 35.4 Å². The Balaban J connectivity index is 1.39. The minimum absolute atomic E-state index is 0.102. The number of benzene rings is 2. The zero-order chi connectivity index (χ0) is 45.2. The molecular weight excluding hydrogens is 819 g/mol. The van der Waals surface area contributed by atoms with Gasteiger partial charge in [0.05, 0.1) is 45.6 Å². The van der Waals surface area contributed by atoms with Crippen molar-refractivity contribution in [2.45, 2.75) is 99.5 Å². The lowest BCUT2D eigenvalue weighted by Crippen LogP contribution is -2.81. The summed E-state index contributed by atoms with van der Waals surface area (Å²) in [6.45, 7) is 7.68. The molecular formula is C47H58F2N4O10. The lowest BCUT2D eigenvalue weighted by atomic mass is 9.47. The standard InChI is InChI=1S/C47H58F2N4O10/c1-9-43(57)21-26-22-46(41(55)61-7,37-27(12-16-52(23-26)24-43)34-31(50-37)19-30(48)35(49)36(34)60-6)29-18-28-32(20-33(29)59-5)51(4)39-45(28)14-17-53-15-11-13-44(10-2,38(45)53)40(63-25(3)54)47(39,58)42(56)62-8/h11,13,18-20,26,38-40,50,57-58H,9-10,12,14-17,21-24H2,1-8H3/t26-,38-,39+,40+,43-,44+,45+,46-,47-/m0/s1. The summed E-state index contributed by atoms with van der Waals surface area (Å²) in [5.41, 5.74) is -4.43. The molecule has 3 N–H and O–H groups in total. The molecule has 1 saturated carbocycles. The Morgan fingerprint density at radius 2 is 1.68 bits per heavy atom. The van der Waals surface area contributed by atoms with Crippen molar-refractivity contribution in [3.63, 3.8) is 0 Å². The van der Waals surface area contributed by atoms with Crippen LogP contribution in [-0.4, -0.2) is 141 Å². The van der Waals surface area contributed by atoms with Gasteiger partial charge >= 0.3 is 17.9 Å². The van der Waals surface area contributed by atoms with Crippen molar-refractivity contribution in [2.75, 3.05) is 73.1 Å². The number of likely N-dealkylation sites (N-methyl/N-ethyl adjacent to an activating group) is 1. The zero-order valence-electron chi connectivity index (χ0n) is 37.2. The molecule has 2 bridgehead atoms. The number of piperidine rings is 1. The van der Waals surface area contributed by atoms with E-state index >= 15 is 13.6 Å². The molecule has 1 aromatic heterocycles. The summed E-state index contributed by atoms with van der Waals surface area (Å²) in [6.07, 6.45) is 4.72. The number of methoxy groups -OCH3 is 4. The van der Waals surface area contributed by atoms with E-state index in [0.717, 1.165) is 11.6 Å². The highest BCUT2D eigenvalue weighted by molar-refractivity contribution is 5.97. The van der Waals surface area contributed by atoms with Crippen molar-refractivity contribution in [2.24, 2.45) is 11.3 Å². The van der Waals surface area contributed by atoms with E-state index in [-0.39, 0.29) is 35.8 Å². The Kier molecular flexibility index (Phi) is 10.3. The molecule has 2 aromatic carbocycles. The lowest BCUT2D eigenvalue weighted by molar-refractivity contribution is -0.228. The number of fused-ring (bicyclic) bond motifs is 6. The maximum atomic E-state index is 15.8. The Morgan fingerprint density at radius 3 is 2.33 bits per heavy atom. The van der Waals surface area contributed by atoms with Crippen LogP contribution in [0.5, 0.6) is 11.5 Å². The summed E-state index contributed by atoms with van der Waals surface area (Å²) >= 11 is 0. The van der Waals surface area contributed by atoms with Crippen LogP contribution < -0.4 is 14.4 Å². The fraction of sp³-hybridized carbons (Fsp3) is 0.596. The summed E-state index contributed by atoms with van der Waals surface area (Å²) in [5.74, 6) is -4.85. The highest BCUT2D eigenvalue weighted by atomic mass is 19.2. The van der Waals surface area contributed by atoms with Crippen LogP contribution in [0.2, 0.25) is 0 Å². The highest BCUT2D eigenvalue weighted by Crippen LogP contribution is 2.68. The molecule has 6 aliphatic rings. The van der Waals surface area contributed by atoms with Crippen LogP contribution in [-0.2, 0) is 45.8 Å². The van der Waals surface area contributed by atoms with Crippen LogP contribution in [0.25, 0.3) is 10.9 Å². The molecule has 340 valence electrons. The van der Waals surface area contributed by atoms with Gasteiger partial charge in [-0.15, -0.1) is 0 Å². The van der Waals surface area contributed by atoms with Gasteiger partial charge in [-0.25, -0.2) is 9.18 Å². The van der Waals surface area contributed by atoms with E-state index < -0.39 is 75.2 Å². The van der Waals surface area contributed by atoms with Crippen LogP contribution in [0.3, 0.4) is 0 Å². The smallest absolute Gasteiger partial charge is 0.344 e. The monoisotopic (exact) mass is 876 g/mol. The van der Waals surface area contributed by atoms with Crippen LogP contribution in [0, 0.1) is 23.0 Å². The third-order valence-corrected chi connectivity index (χ3v) is 16.0. The molecule has 0 radical (unpaired) electrons. The van der Waals surface area contributed by atoms with E-state index in [0.29, 0.717) is 86.3 Å². The van der Waals surface area contributed by atoms with Gasteiger partial charge in [0.25, 0.3) is 0 Å². The lowest BCUT2D eigenvalue weighted by Gasteiger charge is -2.63. The van der Waals surface area contributed by atoms with Crippen molar-refractivity contribution in [3.8, 4) is 11.5 Å². The topological polar surface area (TPSA) is 163 Å². The number of anilines is 1. The molecule has 10 atom stereocenters. The van der Waals surface area contributed by atoms with Crippen molar-refractivity contribution in [3.05, 3.63) is 64.4 Å². The third-order valence-electron chi connectivity index (χ3n) is 16.0. The first-order valence-corrected chi connectivity index (χ1v) is 22.0. The summed E-state index contributed by atoms with van der Waals surface area (Å²) in [6, 6.07) is 3.40. The molecule has 1 aliphatic carbocycles. The second-order valence-corrected chi connectivity index (χ2v) is 18.8. The number of aliphatic hydroxyl groups is 2. The summed E-state index contributed by atoms with van der Waals surface area (Å²) < 4.78 is 60.5. The number of halogens is 2. The van der Waals surface area contributed by atoms with E-state index in [9.17, 15) is 19.8 Å². The molecule has 2 saturated heterocycles. The SMILES string of the molecule is CC[C@]1(O)C[C@@H]2CN(CCc3c([nH]c4cc(F)c(F)c(OC)c34)[C@@](C(=O)OC)(c3cc4c(cc3OC)N(C)[C@H]3[C@@](O)(C(=O)OC)[C@H](OC(C)=O)[C@]5(CC)C=CCN6CC[C@]43[C@@H]65)C2)C1. The average molecular weight is 877 g/mol. The second kappa shape index (κ2) is 14.9. The Hall–Kier alpha value is -4.77. The van der Waals surface area contributed by atoms with E-state index in [4.69, 9.17) is 23.7 Å². The first kappa shape index (κ1) is 43.5. The van der Waals surface area contributed by atoms with E-state index in [1.807, 2.05) is 43.0 Å². The number of nitrogens with zero attached hydrogens (tertiary/aromatic N) is 3. The predicted molar refractivity (Wildman–Crippen MR) is 227 cm³/mol.